The smallest absolute Gasteiger partial charge is 0.257 e. The third-order valence-electron chi connectivity index (χ3n) is 2.28. The number of carbonyl (C=O) groups is 1. The van der Waals surface area contributed by atoms with E-state index >= 15 is 0 Å². The summed E-state index contributed by atoms with van der Waals surface area (Å²) in [6, 6.07) is 5.78. The molecule has 3 nitrogen and oxygen atoms in total. The molecule has 0 spiro atoms. The molecule has 0 saturated heterocycles. The van der Waals surface area contributed by atoms with Crippen molar-refractivity contribution < 1.29 is 9.53 Å². The number of thiol groups is 1. The molecule has 0 aliphatic heterocycles. The number of ether oxygens (including phenoxy) is 1. The summed E-state index contributed by atoms with van der Waals surface area (Å²) in [6.45, 7) is 4.68. The van der Waals surface area contributed by atoms with Gasteiger partial charge in [0.05, 0.1) is 0 Å². The zero-order valence-electron chi connectivity index (χ0n) is 9.62. The van der Waals surface area contributed by atoms with Gasteiger partial charge in [0, 0.05) is 12.3 Å². The Morgan fingerprint density at radius 3 is 2.75 bits per heavy atom. The zero-order valence-corrected chi connectivity index (χ0v) is 10.5. The highest BCUT2D eigenvalue weighted by Crippen LogP contribution is 2.16. The van der Waals surface area contributed by atoms with E-state index in [2.05, 4.69) is 17.9 Å². The van der Waals surface area contributed by atoms with Gasteiger partial charge in [-0.1, -0.05) is 6.07 Å². The average Bonchev–Trinajstić information content (AvgIpc) is 2.28. The Morgan fingerprint density at radius 1 is 1.38 bits per heavy atom. The molecule has 0 bridgehead atoms. The minimum atomic E-state index is -0.118. The van der Waals surface area contributed by atoms with Gasteiger partial charge in [-0.15, -0.1) is 0 Å². The van der Waals surface area contributed by atoms with Crippen molar-refractivity contribution in [2.75, 3.05) is 18.9 Å². The van der Waals surface area contributed by atoms with Gasteiger partial charge in [0.25, 0.3) is 5.91 Å². The second kappa shape index (κ2) is 6.43. The van der Waals surface area contributed by atoms with E-state index in [1.807, 2.05) is 32.0 Å². The first-order chi connectivity index (χ1) is 7.63. The molecular formula is C12H17NO2S. The summed E-state index contributed by atoms with van der Waals surface area (Å²) in [6.07, 6.45) is 0. The maximum atomic E-state index is 11.3. The zero-order chi connectivity index (χ0) is 12.0. The first-order valence-corrected chi connectivity index (χ1v) is 5.84. The molecule has 1 aromatic carbocycles. The van der Waals surface area contributed by atoms with Crippen LogP contribution in [0.5, 0.6) is 5.75 Å². The van der Waals surface area contributed by atoms with Crippen LogP contribution in [0.4, 0.5) is 0 Å². The van der Waals surface area contributed by atoms with Crippen LogP contribution < -0.4 is 10.1 Å². The highest BCUT2D eigenvalue weighted by Gasteiger charge is 2.02. The van der Waals surface area contributed by atoms with E-state index in [1.165, 1.54) is 5.56 Å². The number of aryl methyl sites for hydroxylation is 2. The standard InChI is InChI=1S/C12H17NO2S/c1-9-3-4-11(7-10(9)2)15-8-12(14)13-5-6-16/h3-4,7,16H,5-6,8H2,1-2H3,(H,13,14). The maximum Gasteiger partial charge on any atom is 0.257 e. The van der Waals surface area contributed by atoms with Crippen molar-refractivity contribution in [3.05, 3.63) is 29.3 Å². The Morgan fingerprint density at radius 2 is 2.12 bits per heavy atom. The van der Waals surface area contributed by atoms with Gasteiger partial charge in [-0.3, -0.25) is 4.79 Å². The minimum Gasteiger partial charge on any atom is -0.484 e. The van der Waals surface area contributed by atoms with Gasteiger partial charge in [-0.25, -0.2) is 0 Å². The molecule has 0 radical (unpaired) electrons. The third kappa shape index (κ3) is 4.14. The van der Waals surface area contributed by atoms with E-state index in [4.69, 9.17) is 4.74 Å². The van der Waals surface area contributed by atoms with E-state index in [0.717, 1.165) is 11.3 Å². The van der Waals surface area contributed by atoms with Crippen molar-refractivity contribution in [1.82, 2.24) is 5.32 Å². The second-order valence-electron chi connectivity index (χ2n) is 3.61. The van der Waals surface area contributed by atoms with Gasteiger partial charge >= 0.3 is 0 Å². The molecule has 0 atom stereocenters. The van der Waals surface area contributed by atoms with Crippen LogP contribution in [0.2, 0.25) is 0 Å². The van der Waals surface area contributed by atoms with Crippen LogP contribution in [0, 0.1) is 13.8 Å². The summed E-state index contributed by atoms with van der Waals surface area (Å²) in [4.78, 5) is 11.3. The number of amides is 1. The van der Waals surface area contributed by atoms with Crippen LogP contribution in [0.1, 0.15) is 11.1 Å². The molecule has 0 aliphatic rings. The van der Waals surface area contributed by atoms with E-state index in [9.17, 15) is 4.79 Å². The molecule has 1 N–H and O–H groups in total. The van der Waals surface area contributed by atoms with Gasteiger partial charge < -0.3 is 10.1 Å². The summed E-state index contributed by atoms with van der Waals surface area (Å²) in [5.74, 6) is 1.24. The van der Waals surface area contributed by atoms with Crippen molar-refractivity contribution in [2.45, 2.75) is 13.8 Å². The summed E-state index contributed by atoms with van der Waals surface area (Å²) in [5.41, 5.74) is 2.38. The number of hydrogen-bond acceptors (Lipinski definition) is 3. The number of rotatable bonds is 5. The summed E-state index contributed by atoms with van der Waals surface area (Å²) >= 11 is 4.00. The van der Waals surface area contributed by atoms with Crippen LogP contribution in [0.3, 0.4) is 0 Å². The predicted octanol–water partition coefficient (Wildman–Crippen LogP) is 1.73. The van der Waals surface area contributed by atoms with Gasteiger partial charge in [-0.2, -0.15) is 12.6 Å². The lowest BCUT2D eigenvalue weighted by Gasteiger charge is -2.08. The number of carbonyl (C=O) groups excluding carboxylic acids is 1. The molecule has 4 heteroatoms. The monoisotopic (exact) mass is 239 g/mol. The highest BCUT2D eigenvalue weighted by atomic mass is 32.1. The third-order valence-corrected chi connectivity index (χ3v) is 2.51. The molecule has 0 saturated carbocycles. The van der Waals surface area contributed by atoms with Crippen LogP contribution in [-0.2, 0) is 4.79 Å². The fraction of sp³-hybridized carbons (Fsp3) is 0.417. The molecule has 16 heavy (non-hydrogen) atoms. The lowest BCUT2D eigenvalue weighted by molar-refractivity contribution is -0.122. The molecule has 1 amide bonds. The maximum absolute atomic E-state index is 11.3. The molecule has 0 unspecified atom stereocenters. The Bertz CT molecular complexity index is 366. The Labute approximate surface area is 102 Å². The molecule has 0 fully saturated rings. The topological polar surface area (TPSA) is 38.3 Å². The molecule has 0 aliphatic carbocycles. The van der Waals surface area contributed by atoms with Gasteiger partial charge in [0.15, 0.2) is 6.61 Å². The van der Waals surface area contributed by atoms with Crippen molar-refractivity contribution in [3.8, 4) is 5.75 Å². The Hall–Kier alpha value is -1.16. The summed E-state index contributed by atoms with van der Waals surface area (Å²) in [7, 11) is 0. The first-order valence-electron chi connectivity index (χ1n) is 5.21. The van der Waals surface area contributed by atoms with Crippen LogP contribution in [0.25, 0.3) is 0 Å². The lowest BCUT2D eigenvalue weighted by Crippen LogP contribution is -2.30. The quantitative estimate of drug-likeness (QED) is 0.768. The molecule has 0 aromatic heterocycles. The SMILES string of the molecule is Cc1ccc(OCC(=O)NCCS)cc1C. The molecule has 1 aromatic rings. The molecule has 88 valence electrons. The molecule has 1 rings (SSSR count). The van der Waals surface area contributed by atoms with Crippen molar-refractivity contribution in [2.24, 2.45) is 0 Å². The minimum absolute atomic E-state index is 0.0519. The Balaban J connectivity index is 2.42. The molecular weight excluding hydrogens is 222 g/mol. The largest absolute Gasteiger partial charge is 0.484 e. The lowest BCUT2D eigenvalue weighted by atomic mass is 10.1. The first kappa shape index (κ1) is 12.9. The number of hydrogen-bond donors (Lipinski definition) is 2. The van der Waals surface area contributed by atoms with Crippen LogP contribution in [0.15, 0.2) is 18.2 Å². The van der Waals surface area contributed by atoms with Crippen molar-refractivity contribution in [1.29, 1.82) is 0 Å². The number of nitrogens with one attached hydrogen (secondary N) is 1. The van der Waals surface area contributed by atoms with E-state index in [1.54, 1.807) is 0 Å². The van der Waals surface area contributed by atoms with Gasteiger partial charge in [-0.05, 0) is 37.1 Å². The molecule has 0 heterocycles. The number of benzene rings is 1. The van der Waals surface area contributed by atoms with E-state index < -0.39 is 0 Å². The normalized spacial score (nSPS) is 9.94. The van der Waals surface area contributed by atoms with Crippen LogP contribution in [-0.4, -0.2) is 24.8 Å². The van der Waals surface area contributed by atoms with Crippen LogP contribution >= 0.6 is 12.6 Å². The fourth-order valence-electron chi connectivity index (χ4n) is 1.20. The predicted molar refractivity (Wildman–Crippen MR) is 68.3 cm³/mol. The highest BCUT2D eigenvalue weighted by molar-refractivity contribution is 7.80. The average molecular weight is 239 g/mol. The second-order valence-corrected chi connectivity index (χ2v) is 4.06. The summed E-state index contributed by atoms with van der Waals surface area (Å²) < 4.78 is 5.36. The van der Waals surface area contributed by atoms with E-state index in [0.29, 0.717) is 12.3 Å². The van der Waals surface area contributed by atoms with Gasteiger partial charge in [0.2, 0.25) is 0 Å². The summed E-state index contributed by atoms with van der Waals surface area (Å²) in [5, 5.41) is 2.69. The van der Waals surface area contributed by atoms with E-state index in [-0.39, 0.29) is 12.5 Å². The van der Waals surface area contributed by atoms with Crippen molar-refractivity contribution >= 4 is 18.5 Å². The Kier molecular flexibility index (Phi) is 5.19. The van der Waals surface area contributed by atoms with Gasteiger partial charge in [0.1, 0.15) is 5.75 Å². The fourth-order valence-corrected chi connectivity index (χ4v) is 1.31. The van der Waals surface area contributed by atoms with Crippen molar-refractivity contribution in [3.63, 3.8) is 0 Å².